The van der Waals surface area contributed by atoms with E-state index in [0.717, 1.165) is 0 Å². The standard InChI is InChI=1S/C22H25Cl2N3O6/c1-6-32-14-10-16(19(24)17(11-14)33-7-2)26-27-20(12(3)28)22(29)25-13-8-15(23)21(31-5)18(9-13)30-4/h8-11,20H,6-7H2,1-5H3,(H,25,29). The highest BCUT2D eigenvalue weighted by atomic mass is 35.5. The van der Waals surface area contributed by atoms with Crippen LogP contribution in [0.5, 0.6) is 23.0 Å². The molecule has 0 spiro atoms. The van der Waals surface area contributed by atoms with Crippen molar-refractivity contribution in [3.05, 3.63) is 34.3 Å². The monoisotopic (exact) mass is 497 g/mol. The number of anilines is 1. The highest BCUT2D eigenvalue weighted by Gasteiger charge is 2.24. The number of methoxy groups -OCH3 is 2. The fourth-order valence-electron chi connectivity index (χ4n) is 2.78. The van der Waals surface area contributed by atoms with Crippen LogP contribution in [0.4, 0.5) is 11.4 Å². The molecule has 2 aromatic carbocycles. The molecule has 0 aromatic heterocycles. The first-order chi connectivity index (χ1) is 15.7. The molecule has 0 radical (unpaired) electrons. The Bertz CT molecular complexity index is 1050. The van der Waals surface area contributed by atoms with Gasteiger partial charge in [-0.2, -0.15) is 10.2 Å². The highest BCUT2D eigenvalue weighted by Crippen LogP contribution is 2.39. The predicted molar refractivity (Wildman–Crippen MR) is 126 cm³/mol. The molecule has 2 aromatic rings. The van der Waals surface area contributed by atoms with Crippen LogP contribution >= 0.6 is 23.2 Å². The van der Waals surface area contributed by atoms with Crippen LogP contribution in [0.3, 0.4) is 0 Å². The van der Waals surface area contributed by atoms with E-state index in [2.05, 4.69) is 15.5 Å². The molecule has 1 amide bonds. The number of hydrogen-bond acceptors (Lipinski definition) is 8. The molecular weight excluding hydrogens is 473 g/mol. The number of halogens is 2. The number of nitrogens with zero attached hydrogens (tertiary/aromatic N) is 2. The van der Waals surface area contributed by atoms with Crippen LogP contribution in [0, 0.1) is 0 Å². The summed E-state index contributed by atoms with van der Waals surface area (Å²) in [5.74, 6) is 0.200. The summed E-state index contributed by atoms with van der Waals surface area (Å²) in [5.41, 5.74) is 0.485. The zero-order valence-corrected chi connectivity index (χ0v) is 20.4. The van der Waals surface area contributed by atoms with E-state index in [1.807, 2.05) is 6.92 Å². The van der Waals surface area contributed by atoms with Crippen molar-refractivity contribution in [1.82, 2.24) is 0 Å². The molecule has 0 heterocycles. The summed E-state index contributed by atoms with van der Waals surface area (Å²) >= 11 is 12.5. The van der Waals surface area contributed by atoms with E-state index in [0.29, 0.717) is 41.9 Å². The van der Waals surface area contributed by atoms with Gasteiger partial charge in [0.15, 0.2) is 17.3 Å². The zero-order valence-electron chi connectivity index (χ0n) is 18.9. The van der Waals surface area contributed by atoms with Gasteiger partial charge in [0, 0.05) is 23.9 Å². The molecule has 0 fully saturated rings. The normalized spacial score (nSPS) is 11.7. The average molecular weight is 498 g/mol. The maximum atomic E-state index is 12.8. The quantitative estimate of drug-likeness (QED) is 0.324. The van der Waals surface area contributed by atoms with Crippen molar-refractivity contribution in [3.63, 3.8) is 0 Å². The number of ether oxygens (including phenoxy) is 4. The molecule has 0 bridgehead atoms. The molecule has 2 rings (SSSR count). The molecule has 0 aliphatic carbocycles. The number of carbonyl (C=O) groups excluding carboxylic acids is 2. The topological polar surface area (TPSA) is 108 Å². The van der Waals surface area contributed by atoms with Crippen molar-refractivity contribution >= 4 is 46.3 Å². The number of Topliss-reactive ketones (excluding diaryl/α,β-unsaturated/α-hetero) is 1. The number of hydrogen-bond donors (Lipinski definition) is 1. The van der Waals surface area contributed by atoms with Crippen LogP contribution in [-0.2, 0) is 9.59 Å². The van der Waals surface area contributed by atoms with E-state index in [1.165, 1.54) is 33.3 Å². The van der Waals surface area contributed by atoms with E-state index >= 15 is 0 Å². The Hall–Kier alpha value is -3.04. The lowest BCUT2D eigenvalue weighted by Crippen LogP contribution is -2.31. The lowest BCUT2D eigenvalue weighted by molar-refractivity contribution is -0.126. The molecule has 9 nitrogen and oxygen atoms in total. The number of ketones is 1. The number of nitrogens with one attached hydrogen (secondary N) is 1. The van der Waals surface area contributed by atoms with Gasteiger partial charge in [-0.05, 0) is 26.8 Å². The smallest absolute Gasteiger partial charge is 0.258 e. The SMILES string of the molecule is CCOc1cc(N=NC(C(C)=O)C(=O)Nc2cc(Cl)c(OC)c(OC)c2)c(Cl)c(OCC)c1. The van der Waals surface area contributed by atoms with Crippen LogP contribution in [0.25, 0.3) is 0 Å². The van der Waals surface area contributed by atoms with E-state index in [4.69, 9.17) is 42.1 Å². The van der Waals surface area contributed by atoms with Gasteiger partial charge in [-0.15, -0.1) is 0 Å². The van der Waals surface area contributed by atoms with Crippen LogP contribution in [-0.4, -0.2) is 45.2 Å². The summed E-state index contributed by atoms with van der Waals surface area (Å²) in [6.07, 6.45) is 0. The fraction of sp³-hybridized carbons (Fsp3) is 0.364. The Morgan fingerprint density at radius 2 is 1.70 bits per heavy atom. The number of benzene rings is 2. The van der Waals surface area contributed by atoms with Gasteiger partial charge < -0.3 is 24.3 Å². The van der Waals surface area contributed by atoms with Gasteiger partial charge in [0.25, 0.3) is 5.91 Å². The van der Waals surface area contributed by atoms with Crippen molar-refractivity contribution in [2.24, 2.45) is 10.2 Å². The maximum Gasteiger partial charge on any atom is 0.258 e. The van der Waals surface area contributed by atoms with Crippen molar-refractivity contribution in [3.8, 4) is 23.0 Å². The summed E-state index contributed by atoms with van der Waals surface area (Å²) in [5, 5.41) is 11.0. The van der Waals surface area contributed by atoms with Gasteiger partial charge in [0.2, 0.25) is 6.04 Å². The number of rotatable bonds is 11. The third-order valence-corrected chi connectivity index (χ3v) is 4.88. The van der Waals surface area contributed by atoms with Gasteiger partial charge in [0.1, 0.15) is 22.2 Å². The Balaban J connectivity index is 2.34. The highest BCUT2D eigenvalue weighted by molar-refractivity contribution is 6.34. The average Bonchev–Trinajstić information content (AvgIpc) is 2.76. The zero-order chi connectivity index (χ0) is 24.5. The summed E-state index contributed by atoms with van der Waals surface area (Å²) in [4.78, 5) is 24.9. The first-order valence-electron chi connectivity index (χ1n) is 9.98. The summed E-state index contributed by atoms with van der Waals surface area (Å²) < 4.78 is 21.4. The second-order valence-electron chi connectivity index (χ2n) is 6.53. The van der Waals surface area contributed by atoms with Crippen LogP contribution < -0.4 is 24.3 Å². The molecule has 0 aliphatic heterocycles. The maximum absolute atomic E-state index is 12.8. The largest absolute Gasteiger partial charge is 0.494 e. The minimum atomic E-state index is -1.43. The molecule has 1 unspecified atom stereocenters. The fourth-order valence-corrected chi connectivity index (χ4v) is 3.27. The first kappa shape index (κ1) is 26.2. The summed E-state index contributed by atoms with van der Waals surface area (Å²) in [6.45, 7) is 5.65. The number of carbonyl (C=O) groups is 2. The molecule has 0 saturated carbocycles. The second kappa shape index (κ2) is 12.3. The Morgan fingerprint density at radius 1 is 1.00 bits per heavy atom. The minimum Gasteiger partial charge on any atom is -0.494 e. The molecule has 178 valence electrons. The Kier molecular flexibility index (Phi) is 9.74. The predicted octanol–water partition coefficient (Wildman–Crippen LogP) is 5.49. The molecule has 33 heavy (non-hydrogen) atoms. The molecule has 0 saturated heterocycles. The molecular formula is C22H25Cl2N3O6. The van der Waals surface area contributed by atoms with Crippen LogP contribution in [0.15, 0.2) is 34.5 Å². The summed E-state index contributed by atoms with van der Waals surface area (Å²) in [7, 11) is 2.87. The van der Waals surface area contributed by atoms with Crippen molar-refractivity contribution in [2.45, 2.75) is 26.8 Å². The van der Waals surface area contributed by atoms with Gasteiger partial charge in [0.05, 0.1) is 32.5 Å². The molecule has 1 atom stereocenters. The second-order valence-corrected chi connectivity index (χ2v) is 7.32. The van der Waals surface area contributed by atoms with Gasteiger partial charge in [-0.1, -0.05) is 23.2 Å². The lowest BCUT2D eigenvalue weighted by atomic mass is 10.2. The molecule has 0 aliphatic rings. The van der Waals surface area contributed by atoms with Crippen LogP contribution in [0.1, 0.15) is 20.8 Å². The number of amides is 1. The third-order valence-electron chi connectivity index (χ3n) is 4.22. The van der Waals surface area contributed by atoms with Crippen molar-refractivity contribution in [2.75, 3.05) is 32.8 Å². The van der Waals surface area contributed by atoms with Crippen molar-refractivity contribution < 1.29 is 28.5 Å². The van der Waals surface area contributed by atoms with E-state index in [9.17, 15) is 9.59 Å². The van der Waals surface area contributed by atoms with Crippen LogP contribution in [0.2, 0.25) is 10.0 Å². The number of azo groups is 1. The van der Waals surface area contributed by atoms with Gasteiger partial charge in [-0.3, -0.25) is 9.59 Å². The molecule has 11 heteroatoms. The first-order valence-corrected chi connectivity index (χ1v) is 10.7. The van der Waals surface area contributed by atoms with Gasteiger partial charge in [-0.25, -0.2) is 0 Å². The van der Waals surface area contributed by atoms with E-state index in [-0.39, 0.29) is 15.7 Å². The van der Waals surface area contributed by atoms with Gasteiger partial charge >= 0.3 is 0 Å². The van der Waals surface area contributed by atoms with Crippen molar-refractivity contribution in [1.29, 1.82) is 0 Å². The van der Waals surface area contributed by atoms with E-state index < -0.39 is 17.7 Å². The Labute approximate surface area is 202 Å². The Morgan fingerprint density at radius 3 is 2.27 bits per heavy atom. The molecule has 1 N–H and O–H groups in total. The summed E-state index contributed by atoms with van der Waals surface area (Å²) in [6, 6.07) is 4.71. The van der Waals surface area contributed by atoms with E-state index in [1.54, 1.807) is 19.1 Å². The lowest BCUT2D eigenvalue weighted by Gasteiger charge is -2.14. The third kappa shape index (κ3) is 6.72. The minimum absolute atomic E-state index is 0.179.